The van der Waals surface area contributed by atoms with Crippen LogP contribution in [-0.2, 0) is 4.74 Å². The summed E-state index contributed by atoms with van der Waals surface area (Å²) in [6, 6.07) is 6.57. The molecule has 1 aromatic heterocycles. The van der Waals surface area contributed by atoms with E-state index in [9.17, 15) is 0 Å². The summed E-state index contributed by atoms with van der Waals surface area (Å²) in [6.07, 6.45) is 12.3. The molecule has 2 aliphatic rings. The summed E-state index contributed by atoms with van der Waals surface area (Å²) in [5, 5.41) is 6.99. The number of anilines is 1. The predicted octanol–water partition coefficient (Wildman–Crippen LogP) is 3.96. The van der Waals surface area contributed by atoms with Crippen LogP contribution in [0.1, 0.15) is 58.3 Å². The van der Waals surface area contributed by atoms with Crippen molar-refractivity contribution in [2.45, 2.75) is 70.4 Å². The number of hydrogen-bond acceptors (Lipinski definition) is 4. The predicted molar refractivity (Wildman–Crippen MR) is 131 cm³/mol. The Kier molecular flexibility index (Phi) is 11.7. The molecule has 0 spiro atoms. The van der Waals surface area contributed by atoms with E-state index in [1.807, 2.05) is 12.3 Å². The van der Waals surface area contributed by atoms with Crippen molar-refractivity contribution in [1.29, 1.82) is 0 Å². The highest BCUT2D eigenvalue weighted by molar-refractivity contribution is 14.0. The number of piperidine rings is 1. The first-order chi connectivity index (χ1) is 13.8. The van der Waals surface area contributed by atoms with Gasteiger partial charge in [0.05, 0.1) is 19.3 Å². The number of guanidine groups is 1. The molecule has 29 heavy (non-hydrogen) atoms. The van der Waals surface area contributed by atoms with Gasteiger partial charge in [-0.2, -0.15) is 0 Å². The summed E-state index contributed by atoms with van der Waals surface area (Å²) < 4.78 is 6.07. The van der Waals surface area contributed by atoms with Crippen molar-refractivity contribution in [1.82, 2.24) is 15.6 Å². The van der Waals surface area contributed by atoms with Gasteiger partial charge in [0.15, 0.2) is 5.96 Å². The van der Waals surface area contributed by atoms with Crippen LogP contribution < -0.4 is 15.5 Å². The molecule has 3 rings (SSSR count). The van der Waals surface area contributed by atoms with Crippen molar-refractivity contribution in [3.8, 4) is 0 Å². The summed E-state index contributed by atoms with van der Waals surface area (Å²) in [7, 11) is 0. The number of rotatable bonds is 7. The maximum absolute atomic E-state index is 6.07. The van der Waals surface area contributed by atoms with Crippen LogP contribution in [0.25, 0.3) is 0 Å². The quantitative estimate of drug-likeness (QED) is 0.189. The van der Waals surface area contributed by atoms with E-state index >= 15 is 0 Å². The molecule has 0 radical (unpaired) electrons. The summed E-state index contributed by atoms with van der Waals surface area (Å²) in [5.74, 6) is 2.00. The first-order valence-corrected chi connectivity index (χ1v) is 11.2. The third-order valence-corrected chi connectivity index (χ3v) is 5.67. The molecule has 1 aliphatic heterocycles. The minimum Gasteiger partial charge on any atom is -0.376 e. The van der Waals surface area contributed by atoms with Gasteiger partial charge in [-0.1, -0.05) is 31.7 Å². The number of hydrogen-bond donors (Lipinski definition) is 2. The Bertz CT molecular complexity index is 570. The molecule has 1 saturated heterocycles. The minimum absolute atomic E-state index is 0. The van der Waals surface area contributed by atoms with E-state index in [1.165, 1.54) is 38.5 Å². The van der Waals surface area contributed by atoms with E-state index in [2.05, 4.69) is 39.6 Å². The third-order valence-electron chi connectivity index (χ3n) is 5.67. The van der Waals surface area contributed by atoms with Crippen LogP contribution >= 0.6 is 24.0 Å². The fourth-order valence-corrected chi connectivity index (χ4v) is 4.09. The highest BCUT2D eigenvalue weighted by Crippen LogP contribution is 2.19. The van der Waals surface area contributed by atoms with Gasteiger partial charge in [0, 0.05) is 31.9 Å². The summed E-state index contributed by atoms with van der Waals surface area (Å²) in [4.78, 5) is 11.6. The molecule has 2 N–H and O–H groups in total. The molecule has 6 nitrogen and oxygen atoms in total. The van der Waals surface area contributed by atoms with E-state index in [0.29, 0.717) is 12.1 Å². The highest BCUT2D eigenvalue weighted by atomic mass is 127. The monoisotopic (exact) mass is 515 g/mol. The van der Waals surface area contributed by atoms with E-state index in [1.54, 1.807) is 0 Å². The number of nitrogens with zero attached hydrogens (tertiary/aromatic N) is 3. The molecule has 0 amide bonds. The van der Waals surface area contributed by atoms with Gasteiger partial charge in [-0.05, 0) is 44.7 Å². The molecule has 1 saturated carbocycles. The van der Waals surface area contributed by atoms with Gasteiger partial charge in [0.25, 0.3) is 0 Å². The van der Waals surface area contributed by atoms with Crippen LogP contribution in [0.4, 0.5) is 5.82 Å². The molecule has 0 atom stereocenters. The fraction of sp³-hybridized carbons (Fsp3) is 0.727. The smallest absolute Gasteiger partial charge is 0.191 e. The van der Waals surface area contributed by atoms with Crippen molar-refractivity contribution in [3.05, 3.63) is 24.4 Å². The molecular weight excluding hydrogens is 477 g/mol. The number of nitrogens with one attached hydrogen (secondary N) is 2. The van der Waals surface area contributed by atoms with Gasteiger partial charge in [0.1, 0.15) is 5.82 Å². The lowest BCUT2D eigenvalue weighted by molar-refractivity contribution is 0.0487. The fourth-order valence-electron chi connectivity index (χ4n) is 4.09. The summed E-state index contributed by atoms with van der Waals surface area (Å²) >= 11 is 0. The lowest BCUT2D eigenvalue weighted by Gasteiger charge is -2.33. The van der Waals surface area contributed by atoms with Crippen molar-refractivity contribution >= 4 is 35.8 Å². The van der Waals surface area contributed by atoms with Crippen molar-refractivity contribution < 1.29 is 4.74 Å². The molecule has 0 bridgehead atoms. The lowest BCUT2D eigenvalue weighted by atomic mass is 10.1. The molecule has 0 aromatic carbocycles. The third kappa shape index (κ3) is 8.66. The van der Waals surface area contributed by atoms with E-state index in [4.69, 9.17) is 9.73 Å². The van der Waals surface area contributed by atoms with Gasteiger partial charge in [-0.3, -0.25) is 4.99 Å². The van der Waals surface area contributed by atoms with Crippen LogP contribution in [0.3, 0.4) is 0 Å². The zero-order valence-electron chi connectivity index (χ0n) is 17.8. The number of aliphatic imine (C=N–C) groups is 1. The SMILES string of the molecule is CCNC(=NCCOC1CCCCCC1)NC1CCN(c2ccccn2)CC1.I. The van der Waals surface area contributed by atoms with Gasteiger partial charge >= 0.3 is 0 Å². The maximum Gasteiger partial charge on any atom is 0.191 e. The Morgan fingerprint density at radius 2 is 1.90 bits per heavy atom. The topological polar surface area (TPSA) is 61.8 Å². The van der Waals surface area contributed by atoms with E-state index in [0.717, 1.165) is 57.4 Å². The zero-order valence-corrected chi connectivity index (χ0v) is 20.1. The second kappa shape index (κ2) is 14.0. The van der Waals surface area contributed by atoms with E-state index in [-0.39, 0.29) is 24.0 Å². The van der Waals surface area contributed by atoms with Crippen LogP contribution in [0, 0.1) is 0 Å². The van der Waals surface area contributed by atoms with Gasteiger partial charge in [-0.15, -0.1) is 24.0 Å². The second-order valence-electron chi connectivity index (χ2n) is 7.84. The van der Waals surface area contributed by atoms with Gasteiger partial charge in [0.2, 0.25) is 0 Å². The lowest BCUT2D eigenvalue weighted by Crippen LogP contribution is -2.49. The van der Waals surface area contributed by atoms with Crippen molar-refractivity contribution in [2.75, 3.05) is 37.7 Å². The number of ether oxygens (including phenoxy) is 1. The van der Waals surface area contributed by atoms with Gasteiger partial charge in [-0.25, -0.2) is 4.98 Å². The number of halogens is 1. The molecular formula is C22H38IN5O. The van der Waals surface area contributed by atoms with Crippen molar-refractivity contribution in [2.24, 2.45) is 4.99 Å². The normalized spacial score (nSPS) is 19.3. The van der Waals surface area contributed by atoms with Crippen LogP contribution in [-0.4, -0.2) is 55.9 Å². The molecule has 7 heteroatoms. The number of aromatic nitrogens is 1. The molecule has 2 heterocycles. The highest BCUT2D eigenvalue weighted by Gasteiger charge is 2.20. The molecule has 2 fully saturated rings. The Hall–Kier alpha value is -1.09. The number of pyridine rings is 1. The largest absolute Gasteiger partial charge is 0.376 e. The first kappa shape index (κ1) is 24.2. The summed E-state index contributed by atoms with van der Waals surface area (Å²) in [6.45, 7) is 6.49. The maximum atomic E-state index is 6.07. The average molecular weight is 515 g/mol. The minimum atomic E-state index is 0. The van der Waals surface area contributed by atoms with Crippen molar-refractivity contribution in [3.63, 3.8) is 0 Å². The van der Waals surface area contributed by atoms with Gasteiger partial charge < -0.3 is 20.3 Å². The zero-order chi connectivity index (χ0) is 19.4. The van der Waals surface area contributed by atoms with Crippen LogP contribution in [0.2, 0.25) is 0 Å². The van der Waals surface area contributed by atoms with Crippen LogP contribution in [0.15, 0.2) is 29.4 Å². The average Bonchev–Trinajstić information content (AvgIpc) is 3.01. The molecule has 1 aromatic rings. The Morgan fingerprint density at radius 3 is 2.55 bits per heavy atom. The standard InChI is InChI=1S/C22H37N5O.HI/c1-2-23-22(25-15-18-28-20-9-5-3-4-6-10-20)26-19-12-16-27(17-13-19)21-11-7-8-14-24-21;/h7-8,11,14,19-20H,2-6,9-10,12-13,15-18H2,1H3,(H2,23,25,26);1H. The molecule has 0 unspecified atom stereocenters. The van der Waals surface area contributed by atoms with Crippen LogP contribution in [0.5, 0.6) is 0 Å². The first-order valence-electron chi connectivity index (χ1n) is 11.2. The molecule has 164 valence electrons. The molecule has 1 aliphatic carbocycles. The van der Waals surface area contributed by atoms with E-state index < -0.39 is 0 Å². The Morgan fingerprint density at radius 1 is 1.14 bits per heavy atom. The Balaban J connectivity index is 0.00000300. The second-order valence-corrected chi connectivity index (χ2v) is 7.84. The Labute approximate surface area is 193 Å². The summed E-state index contributed by atoms with van der Waals surface area (Å²) in [5.41, 5.74) is 0.